The van der Waals surface area contributed by atoms with Crippen molar-refractivity contribution in [3.63, 3.8) is 0 Å². The lowest BCUT2D eigenvalue weighted by Gasteiger charge is -2.25. The highest BCUT2D eigenvalue weighted by Crippen LogP contribution is 2.30. The van der Waals surface area contributed by atoms with Crippen LogP contribution in [0.3, 0.4) is 0 Å². The van der Waals surface area contributed by atoms with Crippen molar-refractivity contribution in [1.82, 2.24) is 0 Å². The molecule has 1 saturated heterocycles. The second-order valence-electron chi connectivity index (χ2n) is 5.74. The molecule has 5 heteroatoms. The van der Waals surface area contributed by atoms with Gasteiger partial charge in [0.2, 0.25) is 0 Å². The van der Waals surface area contributed by atoms with Crippen LogP contribution in [0.5, 0.6) is 0 Å². The third-order valence-corrected chi connectivity index (χ3v) is 4.35. The fourth-order valence-electron chi connectivity index (χ4n) is 3.09. The van der Waals surface area contributed by atoms with Gasteiger partial charge in [0, 0.05) is 29.9 Å². The van der Waals surface area contributed by atoms with Gasteiger partial charge in [-0.2, -0.15) is 0 Å². The van der Waals surface area contributed by atoms with Gasteiger partial charge in [0.15, 0.2) is 18.4 Å². The van der Waals surface area contributed by atoms with E-state index in [-0.39, 0.29) is 25.1 Å². The van der Waals surface area contributed by atoms with Crippen LogP contribution in [0, 0.1) is 6.92 Å². The number of anilines is 2. The Hall–Kier alpha value is -1.78. The summed E-state index contributed by atoms with van der Waals surface area (Å²) >= 11 is 0. The highest BCUT2D eigenvalue weighted by molar-refractivity contribution is 5.59. The van der Waals surface area contributed by atoms with Crippen LogP contribution in [-0.4, -0.2) is 24.3 Å². The fraction of sp³-hybridized carbons (Fsp3) is 0.353. The van der Waals surface area contributed by atoms with E-state index in [1.165, 1.54) is 0 Å². The van der Waals surface area contributed by atoms with E-state index in [0.717, 1.165) is 29.9 Å². The first kappa shape index (κ1) is 16.6. The lowest BCUT2D eigenvalue weighted by atomic mass is 10.1. The van der Waals surface area contributed by atoms with Crippen molar-refractivity contribution in [2.24, 2.45) is 0 Å². The molecular weight excluding hydrogens is 298 g/mol. The Morgan fingerprint density at radius 3 is 2.64 bits per heavy atom. The predicted molar refractivity (Wildman–Crippen MR) is 84.1 cm³/mol. The van der Waals surface area contributed by atoms with E-state index in [2.05, 4.69) is 27.9 Å². The SMILES string of the molecule is Cc1cc(N2CC([n+]3ccccc3)CC2CO)ccc1N.[Cl-]. The molecule has 0 bridgehead atoms. The van der Waals surface area contributed by atoms with Gasteiger partial charge in [-0.15, -0.1) is 0 Å². The first-order chi connectivity index (χ1) is 10.2. The number of aryl methyl sites for hydroxylation is 1. The molecule has 22 heavy (non-hydrogen) atoms. The van der Waals surface area contributed by atoms with Gasteiger partial charge >= 0.3 is 0 Å². The van der Waals surface area contributed by atoms with E-state index in [0.29, 0.717) is 6.04 Å². The number of aromatic nitrogens is 1. The summed E-state index contributed by atoms with van der Waals surface area (Å²) in [5, 5.41) is 9.71. The van der Waals surface area contributed by atoms with Crippen molar-refractivity contribution in [2.45, 2.75) is 25.4 Å². The number of nitrogens with two attached hydrogens (primary N) is 1. The average Bonchev–Trinajstić information content (AvgIpc) is 2.95. The topological polar surface area (TPSA) is 53.4 Å². The second kappa shape index (κ2) is 6.99. The van der Waals surface area contributed by atoms with Crippen molar-refractivity contribution >= 4 is 11.4 Å². The van der Waals surface area contributed by atoms with Crippen LogP contribution in [-0.2, 0) is 0 Å². The molecule has 0 aliphatic carbocycles. The van der Waals surface area contributed by atoms with E-state index in [9.17, 15) is 5.11 Å². The molecule has 1 aliphatic heterocycles. The number of aliphatic hydroxyl groups is 1. The molecule has 0 radical (unpaired) electrons. The summed E-state index contributed by atoms with van der Waals surface area (Å²) in [5.74, 6) is 0. The summed E-state index contributed by atoms with van der Waals surface area (Å²) < 4.78 is 2.23. The predicted octanol–water partition coefficient (Wildman–Crippen LogP) is -1.32. The number of hydrogen-bond donors (Lipinski definition) is 2. The Morgan fingerprint density at radius 2 is 2.00 bits per heavy atom. The molecule has 2 heterocycles. The molecule has 2 atom stereocenters. The average molecular weight is 320 g/mol. The van der Waals surface area contributed by atoms with Gasteiger partial charge in [-0.05, 0) is 30.7 Å². The summed E-state index contributed by atoms with van der Waals surface area (Å²) in [4.78, 5) is 2.29. The highest BCUT2D eigenvalue weighted by atomic mass is 35.5. The molecule has 1 fully saturated rings. The van der Waals surface area contributed by atoms with Crippen LogP contribution in [0.4, 0.5) is 11.4 Å². The minimum Gasteiger partial charge on any atom is -1.00 e. The molecule has 0 saturated carbocycles. The van der Waals surface area contributed by atoms with Crippen molar-refractivity contribution < 1.29 is 22.1 Å². The first-order valence-corrected chi connectivity index (χ1v) is 7.38. The largest absolute Gasteiger partial charge is 1.00 e. The minimum atomic E-state index is 0. The Morgan fingerprint density at radius 1 is 1.27 bits per heavy atom. The molecule has 118 valence electrons. The number of halogens is 1. The summed E-state index contributed by atoms with van der Waals surface area (Å²) in [6, 6.07) is 12.8. The van der Waals surface area contributed by atoms with Gasteiger partial charge in [0.1, 0.15) is 0 Å². The van der Waals surface area contributed by atoms with Crippen LogP contribution in [0.1, 0.15) is 18.0 Å². The highest BCUT2D eigenvalue weighted by Gasteiger charge is 2.37. The molecule has 3 rings (SSSR count). The van der Waals surface area contributed by atoms with Crippen LogP contribution >= 0.6 is 0 Å². The third-order valence-electron chi connectivity index (χ3n) is 4.35. The van der Waals surface area contributed by atoms with E-state index >= 15 is 0 Å². The molecule has 4 nitrogen and oxygen atoms in total. The molecule has 3 N–H and O–H groups in total. The van der Waals surface area contributed by atoms with Gasteiger partial charge in [-0.3, -0.25) is 0 Å². The molecule has 2 unspecified atom stereocenters. The van der Waals surface area contributed by atoms with E-state index in [4.69, 9.17) is 5.73 Å². The van der Waals surface area contributed by atoms with Crippen molar-refractivity contribution in [1.29, 1.82) is 0 Å². The maximum absolute atomic E-state index is 9.71. The summed E-state index contributed by atoms with van der Waals surface area (Å²) in [6.07, 6.45) is 5.14. The molecular formula is C17H22ClN3O. The van der Waals surface area contributed by atoms with E-state index < -0.39 is 0 Å². The number of aliphatic hydroxyl groups excluding tert-OH is 1. The minimum absolute atomic E-state index is 0. The summed E-state index contributed by atoms with van der Waals surface area (Å²) in [7, 11) is 0. The zero-order chi connectivity index (χ0) is 14.8. The number of hydrogen-bond acceptors (Lipinski definition) is 3. The lowest BCUT2D eigenvalue weighted by molar-refractivity contribution is -0.718. The van der Waals surface area contributed by atoms with Gasteiger partial charge in [-0.25, -0.2) is 4.57 Å². The lowest BCUT2D eigenvalue weighted by Crippen LogP contribution is -3.00. The fourth-order valence-corrected chi connectivity index (χ4v) is 3.09. The van der Waals surface area contributed by atoms with Crippen LogP contribution < -0.4 is 27.6 Å². The van der Waals surface area contributed by atoms with Gasteiger partial charge < -0.3 is 28.1 Å². The summed E-state index contributed by atoms with van der Waals surface area (Å²) in [6.45, 7) is 3.10. The van der Waals surface area contributed by atoms with Crippen LogP contribution in [0.15, 0.2) is 48.8 Å². The Kier molecular flexibility index (Phi) is 5.27. The molecule has 1 aromatic carbocycles. The number of rotatable bonds is 3. The maximum atomic E-state index is 9.71. The van der Waals surface area contributed by atoms with Crippen molar-refractivity contribution in [2.75, 3.05) is 23.8 Å². The van der Waals surface area contributed by atoms with E-state index in [1.807, 2.05) is 37.3 Å². The second-order valence-corrected chi connectivity index (χ2v) is 5.74. The zero-order valence-corrected chi connectivity index (χ0v) is 13.4. The standard InChI is InChI=1S/C17H22N3O.ClH/c1-13-9-14(5-6-17(13)18)20-11-15(10-16(20)12-21)19-7-3-2-4-8-19;/h2-9,15-16,21H,10-12,18H2,1H3;1H/q+1;/p-1. The first-order valence-electron chi connectivity index (χ1n) is 7.38. The Labute approximate surface area is 137 Å². The van der Waals surface area contributed by atoms with Crippen LogP contribution in [0.2, 0.25) is 0 Å². The molecule has 1 aliphatic rings. The Bertz CT molecular complexity index is 621. The van der Waals surface area contributed by atoms with Crippen LogP contribution in [0.25, 0.3) is 0 Å². The number of nitrogens with zero attached hydrogens (tertiary/aromatic N) is 2. The third kappa shape index (κ3) is 3.18. The molecule has 1 aromatic heterocycles. The number of nitrogen functional groups attached to an aromatic ring is 1. The number of pyridine rings is 1. The normalized spacial score (nSPS) is 20.7. The molecule has 2 aromatic rings. The van der Waals surface area contributed by atoms with Gasteiger partial charge in [0.05, 0.1) is 19.2 Å². The van der Waals surface area contributed by atoms with Gasteiger partial charge in [0.25, 0.3) is 0 Å². The number of benzene rings is 1. The summed E-state index contributed by atoms with van der Waals surface area (Å²) in [5.41, 5.74) is 8.94. The van der Waals surface area contributed by atoms with E-state index in [1.54, 1.807) is 0 Å². The maximum Gasteiger partial charge on any atom is 0.177 e. The van der Waals surface area contributed by atoms with Gasteiger partial charge in [-0.1, -0.05) is 6.07 Å². The quantitative estimate of drug-likeness (QED) is 0.545. The zero-order valence-electron chi connectivity index (χ0n) is 12.7. The Balaban J connectivity index is 0.00000176. The van der Waals surface area contributed by atoms with Crippen molar-refractivity contribution in [3.05, 3.63) is 54.4 Å². The van der Waals surface area contributed by atoms with Crippen molar-refractivity contribution in [3.8, 4) is 0 Å². The smallest absolute Gasteiger partial charge is 0.177 e. The molecule has 0 amide bonds. The molecule has 0 spiro atoms. The monoisotopic (exact) mass is 319 g/mol.